The van der Waals surface area contributed by atoms with Crippen molar-refractivity contribution in [2.45, 2.75) is 39.3 Å². The van der Waals surface area contributed by atoms with Crippen LogP contribution in [0.1, 0.15) is 40.9 Å². The summed E-state index contributed by atoms with van der Waals surface area (Å²) in [6.45, 7) is 6.15. The fourth-order valence-corrected chi connectivity index (χ4v) is 3.20. The maximum Gasteiger partial charge on any atom is 0.410 e. The predicted molar refractivity (Wildman–Crippen MR) is 77.7 cm³/mol. The molecule has 2 heterocycles. The average molecular weight is 313 g/mol. The third kappa shape index (κ3) is 3.29. The van der Waals surface area contributed by atoms with Crippen molar-refractivity contribution in [2.24, 2.45) is 0 Å². The van der Waals surface area contributed by atoms with Crippen molar-refractivity contribution in [3.63, 3.8) is 0 Å². The third-order valence-corrected chi connectivity index (χ3v) is 4.30. The highest BCUT2D eigenvalue weighted by Crippen LogP contribution is 2.38. The summed E-state index contributed by atoms with van der Waals surface area (Å²) in [6.07, 6.45) is 0.169. The molecule has 0 spiro atoms. The first-order valence-corrected chi connectivity index (χ1v) is 7.44. The first kappa shape index (κ1) is 15.6. The maximum atomic E-state index is 12.1. The van der Waals surface area contributed by atoms with Crippen LogP contribution < -0.4 is 0 Å². The van der Waals surface area contributed by atoms with Gasteiger partial charge in [-0.05, 0) is 20.8 Å². The van der Waals surface area contributed by atoms with Crippen molar-refractivity contribution < 1.29 is 24.2 Å². The lowest BCUT2D eigenvalue weighted by Gasteiger charge is -2.30. The number of aromatic hydroxyl groups is 1. The summed E-state index contributed by atoms with van der Waals surface area (Å²) in [5.74, 6) is -0.647. The van der Waals surface area contributed by atoms with Crippen LogP contribution in [0.25, 0.3) is 0 Å². The molecule has 0 bridgehead atoms. The molecule has 0 radical (unpaired) electrons. The van der Waals surface area contributed by atoms with Gasteiger partial charge in [0.1, 0.15) is 11.4 Å². The monoisotopic (exact) mass is 313 g/mol. The van der Waals surface area contributed by atoms with Crippen LogP contribution >= 0.6 is 11.3 Å². The van der Waals surface area contributed by atoms with Gasteiger partial charge in [-0.2, -0.15) is 0 Å². The Morgan fingerprint density at radius 1 is 1.33 bits per heavy atom. The molecule has 1 aromatic rings. The molecule has 0 saturated heterocycles. The van der Waals surface area contributed by atoms with Gasteiger partial charge in [-0.25, -0.2) is 9.59 Å². The topological polar surface area (TPSA) is 76.1 Å². The second-order valence-corrected chi connectivity index (χ2v) is 6.93. The largest absolute Gasteiger partial charge is 0.506 e. The lowest BCUT2D eigenvalue weighted by molar-refractivity contribution is 0.0224. The van der Waals surface area contributed by atoms with E-state index in [1.54, 1.807) is 20.8 Å². The molecule has 2 rings (SSSR count). The number of carbonyl (C=O) groups is 2. The Kier molecular flexibility index (Phi) is 4.13. The number of hydrogen-bond donors (Lipinski definition) is 1. The highest BCUT2D eigenvalue weighted by molar-refractivity contribution is 7.14. The summed E-state index contributed by atoms with van der Waals surface area (Å²) in [4.78, 5) is 26.3. The molecule has 1 aliphatic rings. The third-order valence-electron chi connectivity index (χ3n) is 3.04. The minimum Gasteiger partial charge on any atom is -0.506 e. The van der Waals surface area contributed by atoms with Gasteiger partial charge in [0, 0.05) is 23.4 Å². The van der Waals surface area contributed by atoms with Crippen molar-refractivity contribution in [3.8, 4) is 5.75 Å². The van der Waals surface area contributed by atoms with Gasteiger partial charge in [0.25, 0.3) is 0 Å². The molecule has 6 nitrogen and oxygen atoms in total. The number of hydrogen-bond acceptors (Lipinski definition) is 6. The quantitative estimate of drug-likeness (QED) is 0.806. The molecule has 0 aromatic carbocycles. The fourth-order valence-electron chi connectivity index (χ4n) is 2.09. The summed E-state index contributed by atoms with van der Waals surface area (Å²) in [6, 6.07) is 0. The van der Waals surface area contributed by atoms with Crippen LogP contribution in [0.4, 0.5) is 4.79 Å². The van der Waals surface area contributed by atoms with Crippen molar-refractivity contribution in [1.29, 1.82) is 0 Å². The number of methoxy groups -OCH3 is 1. The Labute approximate surface area is 127 Å². The smallest absolute Gasteiger partial charge is 0.410 e. The van der Waals surface area contributed by atoms with E-state index in [0.29, 0.717) is 18.5 Å². The number of carbonyl (C=O) groups excluding carboxylic acids is 2. The van der Waals surface area contributed by atoms with Crippen LogP contribution in [0.5, 0.6) is 5.75 Å². The average Bonchev–Trinajstić information content (AvgIpc) is 2.73. The second-order valence-electron chi connectivity index (χ2n) is 5.83. The Morgan fingerprint density at radius 2 is 2.00 bits per heavy atom. The van der Waals surface area contributed by atoms with Gasteiger partial charge in [0.2, 0.25) is 0 Å². The van der Waals surface area contributed by atoms with Crippen molar-refractivity contribution in [3.05, 3.63) is 15.3 Å². The second kappa shape index (κ2) is 5.55. The molecular weight excluding hydrogens is 294 g/mol. The van der Waals surface area contributed by atoms with E-state index in [1.807, 2.05) is 0 Å². The van der Waals surface area contributed by atoms with E-state index in [2.05, 4.69) is 4.74 Å². The number of esters is 1. The minimum absolute atomic E-state index is 0.0879. The number of fused-ring (bicyclic) bond motifs is 1. The van der Waals surface area contributed by atoms with Crippen LogP contribution in [0, 0.1) is 0 Å². The lowest BCUT2D eigenvalue weighted by atomic mass is 10.1. The zero-order chi connectivity index (χ0) is 15.8. The first-order valence-electron chi connectivity index (χ1n) is 6.62. The minimum atomic E-state index is -0.564. The van der Waals surface area contributed by atoms with Crippen LogP contribution in [0.3, 0.4) is 0 Å². The fraction of sp³-hybridized carbons (Fsp3) is 0.571. The van der Waals surface area contributed by atoms with Gasteiger partial charge in [0.05, 0.1) is 13.7 Å². The molecule has 0 atom stereocenters. The molecule has 0 aliphatic carbocycles. The van der Waals surface area contributed by atoms with E-state index in [9.17, 15) is 14.7 Å². The van der Waals surface area contributed by atoms with Crippen LogP contribution in [0.2, 0.25) is 0 Å². The summed E-state index contributed by atoms with van der Waals surface area (Å²) >= 11 is 1.22. The molecular formula is C14H19NO5S. The van der Waals surface area contributed by atoms with Gasteiger partial charge in [0.15, 0.2) is 4.88 Å². The van der Waals surface area contributed by atoms with Gasteiger partial charge in [-0.15, -0.1) is 11.3 Å². The zero-order valence-electron chi connectivity index (χ0n) is 12.6. The molecule has 116 valence electrons. The van der Waals surface area contributed by atoms with E-state index in [4.69, 9.17) is 4.74 Å². The van der Waals surface area contributed by atoms with E-state index in [-0.39, 0.29) is 17.2 Å². The van der Waals surface area contributed by atoms with Crippen molar-refractivity contribution >= 4 is 23.4 Å². The molecule has 0 unspecified atom stereocenters. The van der Waals surface area contributed by atoms with Gasteiger partial charge >= 0.3 is 12.1 Å². The normalized spacial score (nSPS) is 14.6. The van der Waals surface area contributed by atoms with E-state index in [0.717, 1.165) is 4.88 Å². The molecule has 1 aliphatic heterocycles. The summed E-state index contributed by atoms with van der Waals surface area (Å²) in [5, 5.41) is 10.1. The Balaban J connectivity index is 2.19. The first-order chi connectivity index (χ1) is 9.73. The van der Waals surface area contributed by atoms with E-state index in [1.165, 1.54) is 23.3 Å². The number of nitrogens with zero attached hydrogens (tertiary/aromatic N) is 1. The Morgan fingerprint density at radius 3 is 2.57 bits per heavy atom. The lowest BCUT2D eigenvalue weighted by Crippen LogP contribution is -2.39. The zero-order valence-corrected chi connectivity index (χ0v) is 13.4. The highest BCUT2D eigenvalue weighted by atomic mass is 32.1. The summed E-state index contributed by atoms with van der Waals surface area (Å²) in [7, 11) is 1.27. The molecule has 1 N–H and O–H groups in total. The molecule has 7 heteroatoms. The van der Waals surface area contributed by atoms with Crippen LogP contribution in [-0.2, 0) is 22.4 Å². The summed E-state index contributed by atoms with van der Waals surface area (Å²) in [5.41, 5.74) is 0.0445. The number of amides is 1. The van der Waals surface area contributed by atoms with E-state index >= 15 is 0 Å². The number of rotatable bonds is 1. The highest BCUT2D eigenvalue weighted by Gasteiger charge is 2.31. The molecule has 1 aromatic heterocycles. The number of ether oxygens (including phenoxy) is 2. The molecule has 21 heavy (non-hydrogen) atoms. The molecule has 0 saturated carbocycles. The van der Waals surface area contributed by atoms with Gasteiger partial charge in [-0.3, -0.25) is 0 Å². The summed E-state index contributed by atoms with van der Waals surface area (Å²) < 4.78 is 9.97. The SMILES string of the molecule is COC(=O)c1sc2c(c1O)CN(C(=O)OC(C)(C)C)CC2. The predicted octanol–water partition coefficient (Wildman–Crippen LogP) is 2.53. The van der Waals surface area contributed by atoms with Gasteiger partial charge in [-0.1, -0.05) is 0 Å². The molecule has 1 amide bonds. The maximum absolute atomic E-state index is 12.1. The van der Waals surface area contributed by atoms with E-state index < -0.39 is 17.7 Å². The van der Waals surface area contributed by atoms with Gasteiger partial charge < -0.3 is 19.5 Å². The van der Waals surface area contributed by atoms with Crippen LogP contribution in [0.15, 0.2) is 0 Å². The van der Waals surface area contributed by atoms with Crippen molar-refractivity contribution in [1.82, 2.24) is 4.90 Å². The van der Waals surface area contributed by atoms with Crippen LogP contribution in [-0.4, -0.2) is 41.3 Å². The Hall–Kier alpha value is -1.76. The molecule has 0 fully saturated rings. The Bertz CT molecular complexity index is 573. The standard InChI is InChI=1S/C14H19NO5S/c1-14(2,3)20-13(18)15-6-5-9-8(7-15)10(16)11(21-9)12(17)19-4/h16H,5-7H2,1-4H3. The number of thiophene rings is 1. The van der Waals surface area contributed by atoms with Crippen molar-refractivity contribution in [2.75, 3.05) is 13.7 Å².